The van der Waals surface area contributed by atoms with Crippen molar-refractivity contribution < 1.29 is 14.7 Å². The van der Waals surface area contributed by atoms with Gasteiger partial charge in [-0.15, -0.1) is 0 Å². The predicted octanol–water partition coefficient (Wildman–Crippen LogP) is 0.739. The molecular weight excluding hydrogens is 158 g/mol. The molecule has 1 rings (SSSR count). The van der Waals surface area contributed by atoms with Gasteiger partial charge >= 0.3 is 5.97 Å². The third-order valence-corrected chi connectivity index (χ3v) is 1.30. The van der Waals surface area contributed by atoms with Crippen LogP contribution in [-0.2, 0) is 4.79 Å². The number of rotatable bonds is 3. The van der Waals surface area contributed by atoms with E-state index >= 15 is 0 Å². The van der Waals surface area contributed by atoms with Gasteiger partial charge in [-0.1, -0.05) is 0 Å². The largest absolute Gasteiger partial charge is 0.481 e. The molecule has 0 amide bonds. The third-order valence-electron chi connectivity index (χ3n) is 1.30. The van der Waals surface area contributed by atoms with Gasteiger partial charge in [0.1, 0.15) is 6.42 Å². The Bertz CT molecular complexity index is 294. The molecule has 0 atom stereocenters. The van der Waals surface area contributed by atoms with Crippen molar-refractivity contribution in [2.75, 3.05) is 0 Å². The number of hydrogen-bond donors (Lipinski definition) is 1. The minimum absolute atomic E-state index is 0.333. The summed E-state index contributed by atoms with van der Waals surface area (Å²) in [6.07, 6.45) is 2.40. The van der Waals surface area contributed by atoms with Crippen LogP contribution in [-0.4, -0.2) is 21.8 Å². The Morgan fingerprint density at radius 3 is 2.75 bits per heavy atom. The fraction of sp³-hybridized carbons (Fsp3) is 0.125. The monoisotopic (exact) mass is 165 g/mol. The Labute approximate surface area is 68.9 Å². The van der Waals surface area contributed by atoms with E-state index in [0.29, 0.717) is 5.56 Å². The van der Waals surface area contributed by atoms with Crippen molar-refractivity contribution in [3.63, 3.8) is 0 Å². The standard InChI is InChI=1S/C8H7NO3/c10-7(4-8(11)12)6-2-1-3-9-5-6/h1-3,5H,4H2,(H,11,12). The first-order valence-corrected chi connectivity index (χ1v) is 3.35. The van der Waals surface area contributed by atoms with E-state index in [0.717, 1.165) is 0 Å². The smallest absolute Gasteiger partial charge is 0.311 e. The SMILES string of the molecule is O=C(O)CC(=O)c1cccnc1. The molecule has 1 aromatic heterocycles. The highest BCUT2D eigenvalue weighted by atomic mass is 16.4. The molecule has 0 spiro atoms. The van der Waals surface area contributed by atoms with Crippen molar-refractivity contribution in [3.8, 4) is 0 Å². The lowest BCUT2D eigenvalue weighted by molar-refractivity contribution is -0.135. The number of carboxylic acid groups (broad SMARTS) is 1. The first kappa shape index (κ1) is 8.39. The molecule has 4 nitrogen and oxygen atoms in total. The van der Waals surface area contributed by atoms with Crippen LogP contribution in [0.5, 0.6) is 0 Å². The van der Waals surface area contributed by atoms with Gasteiger partial charge in [0.05, 0.1) is 0 Å². The highest BCUT2D eigenvalue weighted by molar-refractivity contribution is 6.05. The molecular formula is C8H7NO3. The summed E-state index contributed by atoms with van der Waals surface area (Å²) in [7, 11) is 0. The van der Waals surface area contributed by atoms with Crippen LogP contribution < -0.4 is 0 Å². The zero-order valence-corrected chi connectivity index (χ0v) is 6.23. The molecule has 0 aliphatic heterocycles. The average molecular weight is 165 g/mol. The number of carboxylic acids is 1. The van der Waals surface area contributed by atoms with Gasteiger partial charge in [-0.25, -0.2) is 0 Å². The van der Waals surface area contributed by atoms with Gasteiger partial charge in [-0.05, 0) is 12.1 Å². The summed E-state index contributed by atoms with van der Waals surface area (Å²) in [6, 6.07) is 3.13. The molecule has 0 aliphatic carbocycles. The number of pyridine rings is 1. The molecule has 0 radical (unpaired) electrons. The number of Topliss-reactive ketones (excluding diaryl/α,β-unsaturated/α-hetero) is 1. The predicted molar refractivity (Wildman–Crippen MR) is 40.8 cm³/mol. The molecule has 0 bridgehead atoms. The lowest BCUT2D eigenvalue weighted by Crippen LogP contribution is -2.06. The Morgan fingerprint density at radius 1 is 1.50 bits per heavy atom. The molecule has 62 valence electrons. The van der Waals surface area contributed by atoms with Crippen molar-refractivity contribution in [2.24, 2.45) is 0 Å². The number of carbonyl (C=O) groups is 2. The van der Waals surface area contributed by atoms with Gasteiger partial charge in [-0.3, -0.25) is 14.6 Å². The van der Waals surface area contributed by atoms with E-state index in [1.54, 1.807) is 6.07 Å². The van der Waals surface area contributed by atoms with Crippen LogP contribution in [0.25, 0.3) is 0 Å². The normalized spacial score (nSPS) is 9.33. The van der Waals surface area contributed by atoms with Crippen LogP contribution in [0.1, 0.15) is 16.8 Å². The van der Waals surface area contributed by atoms with Gasteiger partial charge in [0.2, 0.25) is 0 Å². The van der Waals surface area contributed by atoms with Crippen LogP contribution in [0.2, 0.25) is 0 Å². The summed E-state index contributed by atoms with van der Waals surface area (Å²) in [5.74, 6) is -1.54. The Morgan fingerprint density at radius 2 is 2.25 bits per heavy atom. The highest BCUT2D eigenvalue weighted by Crippen LogP contribution is 2.00. The van der Waals surface area contributed by atoms with E-state index in [2.05, 4.69) is 4.98 Å². The molecule has 0 aliphatic rings. The van der Waals surface area contributed by atoms with E-state index in [4.69, 9.17) is 5.11 Å². The van der Waals surface area contributed by atoms with Gasteiger partial charge in [0.25, 0.3) is 0 Å². The maximum absolute atomic E-state index is 11.0. The second kappa shape index (κ2) is 3.61. The highest BCUT2D eigenvalue weighted by Gasteiger charge is 2.09. The lowest BCUT2D eigenvalue weighted by Gasteiger charge is -1.94. The van der Waals surface area contributed by atoms with Gasteiger partial charge in [0, 0.05) is 18.0 Å². The number of ketones is 1. The van der Waals surface area contributed by atoms with Crippen molar-refractivity contribution in [1.82, 2.24) is 4.98 Å². The number of nitrogens with zero attached hydrogens (tertiary/aromatic N) is 1. The Kier molecular flexibility index (Phi) is 2.53. The summed E-state index contributed by atoms with van der Waals surface area (Å²) in [5.41, 5.74) is 0.333. The van der Waals surface area contributed by atoms with Crippen LogP contribution in [0.3, 0.4) is 0 Å². The van der Waals surface area contributed by atoms with Crippen molar-refractivity contribution in [2.45, 2.75) is 6.42 Å². The molecule has 0 unspecified atom stereocenters. The fourth-order valence-electron chi connectivity index (χ4n) is 0.767. The van der Waals surface area contributed by atoms with Crippen LogP contribution in [0, 0.1) is 0 Å². The zero-order chi connectivity index (χ0) is 8.97. The summed E-state index contributed by atoms with van der Waals surface area (Å²) in [6.45, 7) is 0. The number of hydrogen-bond acceptors (Lipinski definition) is 3. The Hall–Kier alpha value is -1.71. The van der Waals surface area contributed by atoms with E-state index in [-0.39, 0.29) is 0 Å². The van der Waals surface area contributed by atoms with Crippen LogP contribution in [0.4, 0.5) is 0 Å². The first-order chi connectivity index (χ1) is 5.70. The maximum Gasteiger partial charge on any atom is 0.311 e. The molecule has 1 aromatic rings. The number of carbonyl (C=O) groups excluding carboxylic acids is 1. The second-order valence-corrected chi connectivity index (χ2v) is 2.24. The van der Waals surface area contributed by atoms with E-state index in [1.807, 2.05) is 0 Å². The minimum Gasteiger partial charge on any atom is -0.481 e. The summed E-state index contributed by atoms with van der Waals surface area (Å²) >= 11 is 0. The second-order valence-electron chi connectivity index (χ2n) is 2.24. The summed E-state index contributed by atoms with van der Waals surface area (Å²) < 4.78 is 0. The van der Waals surface area contributed by atoms with Crippen molar-refractivity contribution in [1.29, 1.82) is 0 Å². The Balaban J connectivity index is 2.73. The van der Waals surface area contributed by atoms with E-state index in [9.17, 15) is 9.59 Å². The minimum atomic E-state index is -1.12. The summed E-state index contributed by atoms with van der Waals surface area (Å²) in [5, 5.41) is 8.30. The number of aromatic nitrogens is 1. The topological polar surface area (TPSA) is 67.3 Å². The molecule has 0 fully saturated rings. The first-order valence-electron chi connectivity index (χ1n) is 3.35. The molecule has 0 saturated heterocycles. The van der Waals surface area contributed by atoms with Crippen molar-refractivity contribution >= 4 is 11.8 Å². The molecule has 1 N–H and O–H groups in total. The third kappa shape index (κ3) is 2.16. The molecule has 12 heavy (non-hydrogen) atoms. The lowest BCUT2D eigenvalue weighted by atomic mass is 10.1. The van der Waals surface area contributed by atoms with Crippen molar-refractivity contribution in [3.05, 3.63) is 30.1 Å². The summed E-state index contributed by atoms with van der Waals surface area (Å²) in [4.78, 5) is 24.9. The average Bonchev–Trinajstić information content (AvgIpc) is 2.05. The quantitative estimate of drug-likeness (QED) is 0.529. The van der Waals surface area contributed by atoms with Gasteiger partial charge in [0.15, 0.2) is 5.78 Å². The fourth-order valence-corrected chi connectivity index (χ4v) is 0.767. The molecule has 4 heteroatoms. The van der Waals surface area contributed by atoms with Gasteiger partial charge in [-0.2, -0.15) is 0 Å². The molecule has 1 heterocycles. The zero-order valence-electron chi connectivity index (χ0n) is 6.23. The van der Waals surface area contributed by atoms with Crippen LogP contribution >= 0.6 is 0 Å². The number of aliphatic carboxylic acids is 1. The van der Waals surface area contributed by atoms with E-state index < -0.39 is 18.2 Å². The van der Waals surface area contributed by atoms with E-state index in [1.165, 1.54) is 18.5 Å². The molecule has 0 aromatic carbocycles. The van der Waals surface area contributed by atoms with Crippen LogP contribution in [0.15, 0.2) is 24.5 Å². The molecule has 0 saturated carbocycles. The van der Waals surface area contributed by atoms with Gasteiger partial charge < -0.3 is 5.11 Å². The maximum atomic E-state index is 11.0.